The molecule has 0 heterocycles. The summed E-state index contributed by atoms with van der Waals surface area (Å²) in [5, 5.41) is 0. The van der Waals surface area contributed by atoms with Gasteiger partial charge in [-0.05, 0) is 117 Å². The number of rotatable bonds is 8. The van der Waals surface area contributed by atoms with Crippen LogP contribution >= 0.6 is 0 Å². The molecule has 0 bridgehead atoms. The monoisotopic (exact) mass is 616 g/mol. The molecule has 1 aliphatic carbocycles. The SMILES string of the molecule is CC(C)c1cc(Oc2ccc(C3(c4ccc(Oc5ccc(N)c(C(C)C)c5)cc4)c4ccccc4-c4ccccc43)cc2)ccc1N. The third kappa shape index (κ3) is 5.30. The van der Waals surface area contributed by atoms with E-state index in [9.17, 15) is 0 Å². The number of hydrogen-bond acceptors (Lipinski definition) is 4. The highest BCUT2D eigenvalue weighted by Crippen LogP contribution is 2.56. The van der Waals surface area contributed by atoms with Crippen molar-refractivity contribution in [3.05, 3.63) is 167 Å². The van der Waals surface area contributed by atoms with Gasteiger partial charge in [0.05, 0.1) is 5.41 Å². The molecule has 0 aromatic heterocycles. The molecule has 0 fully saturated rings. The van der Waals surface area contributed by atoms with E-state index in [-0.39, 0.29) is 0 Å². The Hall–Kier alpha value is -5.48. The molecule has 6 aromatic rings. The van der Waals surface area contributed by atoms with E-state index >= 15 is 0 Å². The van der Waals surface area contributed by atoms with Crippen LogP contribution < -0.4 is 20.9 Å². The number of anilines is 2. The average molecular weight is 617 g/mol. The standard InChI is InChI=1S/C43H40N2O2/c1-27(2)37-25-33(21-23-41(37)44)46-31-17-13-29(14-18-31)43(39-11-7-5-9-35(39)36-10-6-8-12-40(36)43)30-15-19-32(20-16-30)47-34-22-24-42(45)38(26-34)28(3)4/h5-28H,44-45H2,1-4H3. The average Bonchev–Trinajstić information content (AvgIpc) is 3.38. The largest absolute Gasteiger partial charge is 0.457 e. The summed E-state index contributed by atoms with van der Waals surface area (Å²) in [4.78, 5) is 0. The van der Waals surface area contributed by atoms with Crippen LogP contribution in [0.2, 0.25) is 0 Å². The summed E-state index contributed by atoms with van der Waals surface area (Å²) in [6, 6.07) is 46.3. The Labute approximate surface area is 277 Å². The van der Waals surface area contributed by atoms with Crippen molar-refractivity contribution in [3.63, 3.8) is 0 Å². The van der Waals surface area contributed by atoms with E-state index < -0.39 is 5.41 Å². The molecule has 6 aromatic carbocycles. The van der Waals surface area contributed by atoms with Crippen molar-refractivity contribution in [1.82, 2.24) is 0 Å². The first kappa shape index (κ1) is 30.2. The van der Waals surface area contributed by atoms with E-state index in [0.717, 1.165) is 56.6 Å². The third-order valence-corrected chi connectivity index (χ3v) is 9.36. The van der Waals surface area contributed by atoms with Crippen LogP contribution in [0.4, 0.5) is 11.4 Å². The summed E-state index contributed by atoms with van der Waals surface area (Å²) in [6.45, 7) is 8.56. The zero-order chi connectivity index (χ0) is 32.7. The Morgan fingerprint density at radius 3 is 1.19 bits per heavy atom. The number of fused-ring (bicyclic) bond motifs is 3. The van der Waals surface area contributed by atoms with Crippen LogP contribution in [0.25, 0.3) is 11.1 Å². The minimum absolute atomic E-state index is 0.309. The van der Waals surface area contributed by atoms with E-state index in [2.05, 4.69) is 125 Å². The second-order valence-corrected chi connectivity index (χ2v) is 13.0. The smallest absolute Gasteiger partial charge is 0.127 e. The zero-order valence-corrected chi connectivity index (χ0v) is 27.3. The lowest BCUT2D eigenvalue weighted by atomic mass is 9.68. The van der Waals surface area contributed by atoms with Crippen molar-refractivity contribution in [1.29, 1.82) is 0 Å². The Morgan fingerprint density at radius 1 is 0.447 bits per heavy atom. The Kier molecular flexibility index (Phi) is 7.73. The van der Waals surface area contributed by atoms with E-state index in [4.69, 9.17) is 20.9 Å². The summed E-state index contributed by atoms with van der Waals surface area (Å²) < 4.78 is 12.7. The number of nitrogen functional groups attached to an aromatic ring is 2. The molecule has 0 amide bonds. The normalized spacial score (nSPS) is 13.0. The van der Waals surface area contributed by atoms with Crippen molar-refractivity contribution in [2.24, 2.45) is 0 Å². The van der Waals surface area contributed by atoms with Crippen molar-refractivity contribution in [2.75, 3.05) is 11.5 Å². The second kappa shape index (κ2) is 12.0. The Bertz CT molecular complexity index is 1910. The summed E-state index contributed by atoms with van der Waals surface area (Å²) in [5.41, 5.74) is 23.0. The first-order chi connectivity index (χ1) is 22.8. The van der Waals surface area contributed by atoms with Crippen LogP contribution in [-0.2, 0) is 5.41 Å². The molecule has 234 valence electrons. The van der Waals surface area contributed by atoms with Gasteiger partial charge in [0.15, 0.2) is 0 Å². The fourth-order valence-electron chi connectivity index (χ4n) is 7.07. The van der Waals surface area contributed by atoms with E-state index in [1.54, 1.807) is 0 Å². The van der Waals surface area contributed by atoms with Crippen LogP contribution in [0.3, 0.4) is 0 Å². The van der Waals surface area contributed by atoms with E-state index in [1.165, 1.54) is 22.3 Å². The van der Waals surface area contributed by atoms with Gasteiger partial charge >= 0.3 is 0 Å². The fraction of sp³-hybridized carbons (Fsp3) is 0.163. The van der Waals surface area contributed by atoms with Gasteiger partial charge in [0, 0.05) is 11.4 Å². The van der Waals surface area contributed by atoms with E-state index in [1.807, 2.05) is 36.4 Å². The number of nitrogens with two attached hydrogens (primary N) is 2. The molecular weight excluding hydrogens is 576 g/mol. The Morgan fingerprint density at radius 2 is 0.809 bits per heavy atom. The molecule has 0 radical (unpaired) electrons. The van der Waals surface area contributed by atoms with Crippen molar-refractivity contribution in [3.8, 4) is 34.1 Å². The van der Waals surface area contributed by atoms with Crippen molar-refractivity contribution in [2.45, 2.75) is 44.9 Å². The molecule has 0 saturated carbocycles. The summed E-state index contributed by atoms with van der Waals surface area (Å²) in [7, 11) is 0. The third-order valence-electron chi connectivity index (χ3n) is 9.36. The summed E-state index contributed by atoms with van der Waals surface area (Å²) >= 11 is 0. The topological polar surface area (TPSA) is 70.5 Å². The molecule has 0 unspecified atom stereocenters. The van der Waals surface area contributed by atoms with Crippen molar-refractivity contribution < 1.29 is 9.47 Å². The van der Waals surface area contributed by atoms with Crippen LogP contribution in [0, 0.1) is 0 Å². The highest BCUT2D eigenvalue weighted by molar-refractivity contribution is 5.86. The zero-order valence-electron chi connectivity index (χ0n) is 27.3. The maximum absolute atomic E-state index is 6.34. The van der Waals surface area contributed by atoms with Gasteiger partial charge in [-0.1, -0.05) is 100 Å². The van der Waals surface area contributed by atoms with Gasteiger partial charge in [0.1, 0.15) is 23.0 Å². The second-order valence-electron chi connectivity index (χ2n) is 13.0. The number of benzene rings is 6. The van der Waals surface area contributed by atoms with Crippen LogP contribution in [0.5, 0.6) is 23.0 Å². The molecule has 7 rings (SSSR count). The molecule has 4 N–H and O–H groups in total. The minimum atomic E-state index is -0.526. The fourth-order valence-corrected chi connectivity index (χ4v) is 7.07. The number of hydrogen-bond donors (Lipinski definition) is 2. The maximum Gasteiger partial charge on any atom is 0.127 e. The lowest BCUT2D eigenvalue weighted by Gasteiger charge is -2.34. The quantitative estimate of drug-likeness (QED) is 0.167. The lowest BCUT2D eigenvalue weighted by molar-refractivity contribution is 0.481. The molecular formula is C43H40N2O2. The van der Waals surface area contributed by atoms with Gasteiger partial charge in [0.25, 0.3) is 0 Å². The predicted octanol–water partition coefficient (Wildman–Crippen LogP) is 11.0. The van der Waals surface area contributed by atoms with E-state index in [0.29, 0.717) is 11.8 Å². The molecule has 0 saturated heterocycles. The highest BCUT2D eigenvalue weighted by atomic mass is 16.5. The first-order valence-corrected chi connectivity index (χ1v) is 16.3. The van der Waals surface area contributed by atoms with Crippen LogP contribution in [0.15, 0.2) is 133 Å². The maximum atomic E-state index is 6.34. The molecule has 0 spiro atoms. The van der Waals surface area contributed by atoms with Gasteiger partial charge in [0.2, 0.25) is 0 Å². The lowest BCUT2D eigenvalue weighted by Crippen LogP contribution is -2.28. The summed E-state index contributed by atoms with van der Waals surface area (Å²) in [5.74, 6) is 3.72. The molecule has 0 aliphatic heterocycles. The van der Waals surface area contributed by atoms with Gasteiger partial charge in [-0.15, -0.1) is 0 Å². The summed E-state index contributed by atoms with van der Waals surface area (Å²) in [6.07, 6.45) is 0. The minimum Gasteiger partial charge on any atom is -0.457 e. The highest BCUT2D eigenvalue weighted by Gasteiger charge is 2.45. The van der Waals surface area contributed by atoms with Gasteiger partial charge in [-0.25, -0.2) is 0 Å². The molecule has 47 heavy (non-hydrogen) atoms. The van der Waals surface area contributed by atoms with Gasteiger partial charge in [-0.3, -0.25) is 0 Å². The Balaban J connectivity index is 1.30. The van der Waals surface area contributed by atoms with Crippen LogP contribution in [0.1, 0.15) is 72.9 Å². The van der Waals surface area contributed by atoms with Gasteiger partial charge in [-0.2, -0.15) is 0 Å². The predicted molar refractivity (Wildman–Crippen MR) is 194 cm³/mol. The molecule has 0 atom stereocenters. The first-order valence-electron chi connectivity index (χ1n) is 16.3. The molecule has 4 heteroatoms. The van der Waals surface area contributed by atoms with Gasteiger partial charge < -0.3 is 20.9 Å². The number of ether oxygens (including phenoxy) is 2. The molecule has 4 nitrogen and oxygen atoms in total. The van der Waals surface area contributed by atoms with Crippen LogP contribution in [-0.4, -0.2) is 0 Å². The van der Waals surface area contributed by atoms with Crippen molar-refractivity contribution >= 4 is 11.4 Å². The molecule has 1 aliphatic rings.